The monoisotopic (exact) mass is 286 g/mol. The minimum absolute atomic E-state index is 0.0410. The lowest BCUT2D eigenvalue weighted by atomic mass is 9.99. The van der Waals surface area contributed by atoms with Gasteiger partial charge in [0.1, 0.15) is 5.82 Å². The lowest BCUT2D eigenvalue weighted by Gasteiger charge is -2.19. The first-order chi connectivity index (χ1) is 10.1. The Morgan fingerprint density at radius 3 is 2.52 bits per heavy atom. The third kappa shape index (κ3) is 4.36. The highest BCUT2D eigenvalue weighted by Crippen LogP contribution is 2.22. The molecular weight excluding hydrogens is 263 g/mol. The van der Waals surface area contributed by atoms with Gasteiger partial charge in [0.25, 0.3) is 0 Å². The van der Waals surface area contributed by atoms with Gasteiger partial charge < -0.3 is 5.32 Å². The van der Waals surface area contributed by atoms with E-state index in [1.165, 1.54) is 0 Å². The molecule has 2 rings (SSSR count). The predicted molar refractivity (Wildman–Crippen MR) is 84.8 cm³/mol. The van der Waals surface area contributed by atoms with Crippen LogP contribution in [0.4, 0.5) is 4.39 Å². The average molecular weight is 286 g/mol. The Labute approximate surface area is 126 Å². The van der Waals surface area contributed by atoms with E-state index in [-0.39, 0.29) is 11.9 Å². The maximum Gasteiger partial charge on any atom is 0.128 e. The molecule has 3 heteroatoms. The van der Waals surface area contributed by atoms with Crippen molar-refractivity contribution < 1.29 is 4.39 Å². The van der Waals surface area contributed by atoms with E-state index in [0.717, 1.165) is 35.3 Å². The van der Waals surface area contributed by atoms with Crippen molar-refractivity contribution in [2.45, 2.75) is 39.7 Å². The predicted octanol–water partition coefficient (Wildman–Crippen LogP) is 4.12. The molecule has 1 unspecified atom stereocenters. The van der Waals surface area contributed by atoms with Gasteiger partial charge in [-0.15, -0.1) is 0 Å². The van der Waals surface area contributed by atoms with E-state index in [1.54, 1.807) is 6.07 Å². The number of rotatable bonds is 6. The minimum Gasteiger partial charge on any atom is -0.310 e. The molecule has 2 nitrogen and oxygen atoms in total. The van der Waals surface area contributed by atoms with Crippen molar-refractivity contribution in [3.05, 3.63) is 64.7 Å². The van der Waals surface area contributed by atoms with Crippen LogP contribution >= 0.6 is 0 Å². The van der Waals surface area contributed by atoms with Crippen LogP contribution in [0.25, 0.3) is 0 Å². The van der Waals surface area contributed by atoms with Crippen LogP contribution in [0.1, 0.15) is 41.8 Å². The third-order valence-electron chi connectivity index (χ3n) is 3.56. The van der Waals surface area contributed by atoms with Gasteiger partial charge in [0.05, 0.1) is 0 Å². The lowest BCUT2D eigenvalue weighted by molar-refractivity contribution is 0.493. The Morgan fingerprint density at radius 1 is 1.14 bits per heavy atom. The molecule has 0 radical (unpaired) electrons. The molecule has 0 spiro atoms. The SMILES string of the molecule is CCCNC(Cc1ccc(C)cn1)c1ccc(C)cc1F. The zero-order valence-electron chi connectivity index (χ0n) is 13.0. The van der Waals surface area contributed by atoms with E-state index in [2.05, 4.69) is 17.2 Å². The summed E-state index contributed by atoms with van der Waals surface area (Å²) < 4.78 is 14.2. The molecule has 0 aliphatic rings. The van der Waals surface area contributed by atoms with Gasteiger partial charge in [-0.2, -0.15) is 0 Å². The highest BCUT2D eigenvalue weighted by molar-refractivity contribution is 5.27. The summed E-state index contributed by atoms with van der Waals surface area (Å²) in [5.41, 5.74) is 3.78. The highest BCUT2D eigenvalue weighted by Gasteiger charge is 2.16. The number of hydrogen-bond acceptors (Lipinski definition) is 2. The van der Waals surface area contributed by atoms with Crippen LogP contribution in [-0.2, 0) is 6.42 Å². The van der Waals surface area contributed by atoms with Crippen molar-refractivity contribution in [1.82, 2.24) is 10.3 Å². The van der Waals surface area contributed by atoms with Crippen molar-refractivity contribution in [3.63, 3.8) is 0 Å². The zero-order valence-corrected chi connectivity index (χ0v) is 13.0. The first-order valence-corrected chi connectivity index (χ1v) is 7.51. The van der Waals surface area contributed by atoms with Crippen molar-refractivity contribution in [3.8, 4) is 0 Å². The molecule has 112 valence electrons. The summed E-state index contributed by atoms with van der Waals surface area (Å²) in [7, 11) is 0. The van der Waals surface area contributed by atoms with Gasteiger partial charge in [0, 0.05) is 29.9 Å². The third-order valence-corrected chi connectivity index (χ3v) is 3.56. The first-order valence-electron chi connectivity index (χ1n) is 7.51. The second-order valence-corrected chi connectivity index (χ2v) is 5.56. The van der Waals surface area contributed by atoms with E-state index in [1.807, 2.05) is 44.3 Å². The van der Waals surface area contributed by atoms with E-state index < -0.39 is 0 Å². The molecule has 0 saturated heterocycles. The van der Waals surface area contributed by atoms with Crippen LogP contribution in [0.5, 0.6) is 0 Å². The Morgan fingerprint density at radius 2 is 1.90 bits per heavy atom. The van der Waals surface area contributed by atoms with Gasteiger partial charge >= 0.3 is 0 Å². The zero-order chi connectivity index (χ0) is 15.2. The van der Waals surface area contributed by atoms with Crippen molar-refractivity contribution in [2.75, 3.05) is 6.54 Å². The summed E-state index contributed by atoms with van der Waals surface area (Å²) in [4.78, 5) is 4.44. The Hall–Kier alpha value is -1.74. The quantitative estimate of drug-likeness (QED) is 0.864. The van der Waals surface area contributed by atoms with Gasteiger partial charge in [-0.05, 0) is 50.1 Å². The molecule has 1 aromatic heterocycles. The molecule has 21 heavy (non-hydrogen) atoms. The molecule has 0 amide bonds. The van der Waals surface area contributed by atoms with Crippen molar-refractivity contribution in [1.29, 1.82) is 0 Å². The standard InChI is InChI=1S/C18H23FN2/c1-4-9-20-18(11-15-7-5-14(3)12-21-15)16-8-6-13(2)10-17(16)19/h5-8,10,12,18,20H,4,9,11H2,1-3H3. The van der Waals surface area contributed by atoms with E-state index in [4.69, 9.17) is 0 Å². The van der Waals surface area contributed by atoms with Crippen LogP contribution in [0, 0.1) is 19.7 Å². The van der Waals surface area contributed by atoms with Gasteiger partial charge in [0.15, 0.2) is 0 Å². The van der Waals surface area contributed by atoms with Gasteiger partial charge in [-0.25, -0.2) is 4.39 Å². The Bertz CT molecular complexity index is 578. The number of aromatic nitrogens is 1. The molecular formula is C18H23FN2. The number of pyridine rings is 1. The summed E-state index contributed by atoms with van der Waals surface area (Å²) >= 11 is 0. The number of nitrogens with one attached hydrogen (secondary N) is 1. The Kier molecular flexibility index (Phi) is 5.45. The second-order valence-electron chi connectivity index (χ2n) is 5.56. The molecule has 0 saturated carbocycles. The summed E-state index contributed by atoms with van der Waals surface area (Å²) in [6.45, 7) is 6.90. The number of halogens is 1. The second kappa shape index (κ2) is 7.32. The number of hydrogen-bond donors (Lipinski definition) is 1. The van der Waals surface area contributed by atoms with Crippen LogP contribution in [0.15, 0.2) is 36.5 Å². The van der Waals surface area contributed by atoms with Gasteiger partial charge in [-0.1, -0.05) is 25.1 Å². The lowest BCUT2D eigenvalue weighted by Crippen LogP contribution is -2.25. The van der Waals surface area contributed by atoms with Crippen LogP contribution in [-0.4, -0.2) is 11.5 Å². The molecule has 0 fully saturated rings. The molecule has 1 aromatic carbocycles. The van der Waals surface area contributed by atoms with Crippen LogP contribution in [0.2, 0.25) is 0 Å². The summed E-state index contributed by atoms with van der Waals surface area (Å²) in [6, 6.07) is 9.46. The fourth-order valence-electron chi connectivity index (χ4n) is 2.35. The molecule has 1 heterocycles. The highest BCUT2D eigenvalue weighted by atomic mass is 19.1. The normalized spacial score (nSPS) is 12.4. The summed E-state index contributed by atoms with van der Waals surface area (Å²) in [5.74, 6) is -0.143. The topological polar surface area (TPSA) is 24.9 Å². The molecule has 2 aromatic rings. The molecule has 1 N–H and O–H groups in total. The molecule has 0 bridgehead atoms. The van der Waals surface area contributed by atoms with Gasteiger partial charge in [-0.3, -0.25) is 4.98 Å². The van der Waals surface area contributed by atoms with Crippen molar-refractivity contribution in [2.24, 2.45) is 0 Å². The van der Waals surface area contributed by atoms with Crippen molar-refractivity contribution >= 4 is 0 Å². The minimum atomic E-state index is -0.143. The summed E-state index contributed by atoms with van der Waals surface area (Å²) in [6.07, 6.45) is 3.57. The maximum atomic E-state index is 14.2. The van der Waals surface area contributed by atoms with Crippen LogP contribution < -0.4 is 5.32 Å². The fourth-order valence-corrected chi connectivity index (χ4v) is 2.35. The molecule has 1 atom stereocenters. The van der Waals surface area contributed by atoms with Gasteiger partial charge in [0.2, 0.25) is 0 Å². The number of nitrogens with zero attached hydrogens (tertiary/aromatic N) is 1. The first kappa shape index (κ1) is 15.6. The average Bonchev–Trinajstić information content (AvgIpc) is 2.46. The molecule has 0 aliphatic carbocycles. The maximum absolute atomic E-state index is 14.2. The molecule has 0 aliphatic heterocycles. The van der Waals surface area contributed by atoms with E-state index in [9.17, 15) is 4.39 Å². The largest absolute Gasteiger partial charge is 0.310 e. The fraction of sp³-hybridized carbons (Fsp3) is 0.389. The Balaban J connectivity index is 2.22. The smallest absolute Gasteiger partial charge is 0.128 e. The van der Waals surface area contributed by atoms with E-state index >= 15 is 0 Å². The number of aryl methyl sites for hydroxylation is 2. The summed E-state index contributed by atoms with van der Waals surface area (Å²) in [5, 5.41) is 3.43. The van der Waals surface area contributed by atoms with E-state index in [0.29, 0.717) is 6.42 Å². The number of benzene rings is 1. The van der Waals surface area contributed by atoms with Crippen LogP contribution in [0.3, 0.4) is 0 Å².